The van der Waals surface area contributed by atoms with E-state index in [0.29, 0.717) is 13.0 Å². The minimum atomic E-state index is -4.17. The summed E-state index contributed by atoms with van der Waals surface area (Å²) in [7, 11) is -3.03. The SMILES string of the molecule is COC(=O)C1(NS(N)(=O)=O)CCCN(C(=O)OCc2ccccc2)C1. The molecule has 0 aliphatic carbocycles. The number of likely N-dealkylation sites (tertiary alicyclic amines) is 1. The van der Waals surface area contributed by atoms with Crippen molar-refractivity contribution in [2.24, 2.45) is 5.14 Å². The number of amides is 1. The van der Waals surface area contributed by atoms with Gasteiger partial charge >= 0.3 is 12.1 Å². The molecule has 0 radical (unpaired) electrons. The van der Waals surface area contributed by atoms with Gasteiger partial charge in [0.25, 0.3) is 10.2 Å². The van der Waals surface area contributed by atoms with Crippen LogP contribution in [-0.2, 0) is 31.1 Å². The molecular formula is C15H21N3O6S. The van der Waals surface area contributed by atoms with Gasteiger partial charge in [-0.15, -0.1) is 0 Å². The van der Waals surface area contributed by atoms with Crippen LogP contribution in [0.1, 0.15) is 18.4 Å². The second-order valence-electron chi connectivity index (χ2n) is 5.79. The van der Waals surface area contributed by atoms with Crippen LogP contribution in [0.25, 0.3) is 0 Å². The lowest BCUT2D eigenvalue weighted by atomic mass is 9.90. The van der Waals surface area contributed by atoms with Crippen LogP contribution in [-0.4, -0.2) is 51.1 Å². The molecular weight excluding hydrogens is 350 g/mol. The molecule has 138 valence electrons. The Labute approximate surface area is 146 Å². The summed E-state index contributed by atoms with van der Waals surface area (Å²) in [5, 5.41) is 5.02. The van der Waals surface area contributed by atoms with Crippen molar-refractivity contribution in [1.82, 2.24) is 9.62 Å². The molecule has 1 aromatic carbocycles. The van der Waals surface area contributed by atoms with E-state index in [1.807, 2.05) is 30.3 Å². The molecule has 0 bridgehead atoms. The molecule has 1 fully saturated rings. The first-order valence-electron chi connectivity index (χ1n) is 7.61. The zero-order valence-electron chi connectivity index (χ0n) is 13.8. The number of piperidine rings is 1. The molecule has 1 unspecified atom stereocenters. The van der Waals surface area contributed by atoms with E-state index >= 15 is 0 Å². The van der Waals surface area contributed by atoms with Crippen molar-refractivity contribution in [3.63, 3.8) is 0 Å². The van der Waals surface area contributed by atoms with Crippen molar-refractivity contribution in [3.8, 4) is 0 Å². The third-order valence-corrected chi connectivity index (χ3v) is 4.54. The Morgan fingerprint density at radius 2 is 2.00 bits per heavy atom. The first-order valence-corrected chi connectivity index (χ1v) is 9.16. The molecule has 0 aromatic heterocycles. The van der Waals surface area contributed by atoms with Gasteiger partial charge in [0.2, 0.25) is 0 Å². The summed E-state index contributed by atoms with van der Waals surface area (Å²) in [6.45, 7) is 0.187. The van der Waals surface area contributed by atoms with E-state index in [-0.39, 0.29) is 19.6 Å². The molecule has 10 heteroatoms. The number of hydrogen-bond acceptors (Lipinski definition) is 6. The maximum Gasteiger partial charge on any atom is 0.410 e. The van der Waals surface area contributed by atoms with Gasteiger partial charge in [-0.1, -0.05) is 30.3 Å². The minimum absolute atomic E-state index is 0.0734. The molecule has 0 spiro atoms. The maximum atomic E-state index is 12.3. The quantitative estimate of drug-likeness (QED) is 0.708. The van der Waals surface area contributed by atoms with Crippen molar-refractivity contribution >= 4 is 22.3 Å². The Morgan fingerprint density at radius 3 is 2.60 bits per heavy atom. The van der Waals surface area contributed by atoms with Gasteiger partial charge in [-0.2, -0.15) is 13.1 Å². The van der Waals surface area contributed by atoms with Gasteiger partial charge in [0.1, 0.15) is 12.1 Å². The van der Waals surface area contributed by atoms with Gasteiger partial charge in [-0.05, 0) is 18.4 Å². The van der Waals surface area contributed by atoms with Gasteiger partial charge in [0.05, 0.1) is 13.7 Å². The lowest BCUT2D eigenvalue weighted by Crippen LogP contribution is -2.65. The van der Waals surface area contributed by atoms with Gasteiger partial charge in [0, 0.05) is 6.54 Å². The van der Waals surface area contributed by atoms with E-state index in [1.165, 1.54) is 4.90 Å². The van der Waals surface area contributed by atoms with Gasteiger partial charge in [-0.3, -0.25) is 0 Å². The van der Waals surface area contributed by atoms with Crippen LogP contribution in [0.4, 0.5) is 4.79 Å². The number of carbonyl (C=O) groups is 2. The van der Waals surface area contributed by atoms with E-state index in [4.69, 9.17) is 14.6 Å². The number of rotatable bonds is 5. The van der Waals surface area contributed by atoms with Crippen molar-refractivity contribution in [2.75, 3.05) is 20.2 Å². The molecule has 1 amide bonds. The number of hydrogen-bond donors (Lipinski definition) is 2. The number of methoxy groups -OCH3 is 1. The van der Waals surface area contributed by atoms with Crippen LogP contribution in [0.3, 0.4) is 0 Å². The van der Waals surface area contributed by atoms with Crippen LogP contribution < -0.4 is 9.86 Å². The zero-order valence-corrected chi connectivity index (χ0v) is 14.6. The highest BCUT2D eigenvalue weighted by atomic mass is 32.2. The number of carbonyl (C=O) groups excluding carboxylic acids is 2. The first-order chi connectivity index (χ1) is 11.8. The molecule has 3 N–H and O–H groups in total. The van der Waals surface area contributed by atoms with Crippen molar-refractivity contribution in [1.29, 1.82) is 0 Å². The summed E-state index contributed by atoms with van der Waals surface area (Å²) < 4.78 is 34.9. The normalized spacial score (nSPS) is 20.8. The number of esters is 1. The van der Waals surface area contributed by atoms with Crippen LogP contribution in [0, 0.1) is 0 Å². The summed E-state index contributed by atoms with van der Waals surface area (Å²) in [4.78, 5) is 25.7. The van der Waals surface area contributed by atoms with E-state index in [9.17, 15) is 18.0 Å². The van der Waals surface area contributed by atoms with Crippen molar-refractivity contribution in [2.45, 2.75) is 25.0 Å². The third-order valence-electron chi connectivity index (χ3n) is 3.87. The van der Waals surface area contributed by atoms with E-state index < -0.39 is 27.8 Å². The lowest BCUT2D eigenvalue weighted by molar-refractivity contribution is -0.149. The molecule has 25 heavy (non-hydrogen) atoms. The largest absolute Gasteiger partial charge is 0.468 e. The summed E-state index contributed by atoms with van der Waals surface area (Å²) in [5.74, 6) is -0.804. The highest BCUT2D eigenvalue weighted by Gasteiger charge is 2.47. The molecule has 1 saturated heterocycles. The summed E-state index contributed by atoms with van der Waals surface area (Å²) in [6, 6.07) is 9.11. The Morgan fingerprint density at radius 1 is 1.32 bits per heavy atom. The van der Waals surface area contributed by atoms with E-state index in [2.05, 4.69) is 4.72 Å². The van der Waals surface area contributed by atoms with Crippen LogP contribution >= 0.6 is 0 Å². The Bertz CT molecular complexity index is 724. The van der Waals surface area contributed by atoms with E-state index in [1.54, 1.807) is 0 Å². The maximum absolute atomic E-state index is 12.3. The van der Waals surface area contributed by atoms with Crippen molar-refractivity contribution in [3.05, 3.63) is 35.9 Å². The summed E-state index contributed by atoms with van der Waals surface area (Å²) >= 11 is 0. The molecule has 1 aliphatic rings. The average Bonchev–Trinajstić information content (AvgIpc) is 2.58. The number of ether oxygens (including phenoxy) is 2. The predicted molar refractivity (Wildman–Crippen MR) is 88.4 cm³/mol. The van der Waals surface area contributed by atoms with Gasteiger partial charge in [0.15, 0.2) is 0 Å². The number of nitrogens with zero attached hydrogens (tertiary/aromatic N) is 1. The molecule has 1 atom stereocenters. The molecule has 2 rings (SSSR count). The van der Waals surface area contributed by atoms with Crippen LogP contribution in [0.5, 0.6) is 0 Å². The number of benzene rings is 1. The second kappa shape index (κ2) is 7.81. The van der Waals surface area contributed by atoms with E-state index in [0.717, 1.165) is 12.7 Å². The van der Waals surface area contributed by atoms with Crippen LogP contribution in [0.15, 0.2) is 30.3 Å². The third kappa shape index (κ3) is 5.15. The van der Waals surface area contributed by atoms with Crippen molar-refractivity contribution < 1.29 is 27.5 Å². The molecule has 1 aliphatic heterocycles. The second-order valence-corrected chi connectivity index (χ2v) is 7.08. The highest BCUT2D eigenvalue weighted by Crippen LogP contribution is 2.24. The average molecular weight is 371 g/mol. The Balaban J connectivity index is 2.08. The predicted octanol–water partition coefficient (Wildman–Crippen LogP) is 0.124. The smallest absolute Gasteiger partial charge is 0.410 e. The zero-order chi connectivity index (χ0) is 18.5. The highest BCUT2D eigenvalue weighted by molar-refractivity contribution is 7.87. The Kier molecular flexibility index (Phi) is 5.98. The Hall–Kier alpha value is -2.17. The fourth-order valence-corrected chi connectivity index (χ4v) is 3.58. The fourth-order valence-electron chi connectivity index (χ4n) is 2.78. The van der Waals surface area contributed by atoms with Crippen LogP contribution in [0.2, 0.25) is 0 Å². The van der Waals surface area contributed by atoms with Gasteiger partial charge < -0.3 is 14.4 Å². The molecule has 9 nitrogen and oxygen atoms in total. The topological polar surface area (TPSA) is 128 Å². The molecule has 0 saturated carbocycles. The monoisotopic (exact) mass is 371 g/mol. The number of nitrogens with two attached hydrogens (primary N) is 1. The van der Waals surface area contributed by atoms with Gasteiger partial charge in [-0.25, -0.2) is 14.7 Å². The standard InChI is InChI=1S/C15H21N3O6S/c1-23-13(19)15(17-25(16,21)22)8-5-9-18(11-15)14(20)24-10-12-6-3-2-4-7-12/h2-4,6-7,17H,5,8-11H2,1H3,(H2,16,21,22). The summed E-state index contributed by atoms with van der Waals surface area (Å²) in [5.41, 5.74) is -0.804. The molecule has 1 heterocycles. The minimum Gasteiger partial charge on any atom is -0.468 e. The lowest BCUT2D eigenvalue weighted by Gasteiger charge is -2.39. The summed E-state index contributed by atoms with van der Waals surface area (Å²) in [6.07, 6.45) is -0.0931. The fraction of sp³-hybridized carbons (Fsp3) is 0.467. The number of nitrogens with one attached hydrogen (secondary N) is 1. The first kappa shape index (κ1) is 19.2. The molecule has 1 aromatic rings.